The zero-order chi connectivity index (χ0) is 24.6. The van der Waals surface area contributed by atoms with Crippen LogP contribution < -0.4 is 4.74 Å². The Balaban J connectivity index is 1.26. The second-order valence-electron chi connectivity index (χ2n) is 8.22. The van der Waals surface area contributed by atoms with Gasteiger partial charge in [0.2, 0.25) is 5.89 Å². The van der Waals surface area contributed by atoms with E-state index in [-0.39, 0.29) is 0 Å². The van der Waals surface area contributed by atoms with Crippen molar-refractivity contribution < 1.29 is 23.9 Å². The van der Waals surface area contributed by atoms with E-state index in [1.807, 2.05) is 80.6 Å². The van der Waals surface area contributed by atoms with Crippen LogP contribution in [0.2, 0.25) is 0 Å². The lowest BCUT2D eigenvalue weighted by Gasteiger charge is -2.14. The van der Waals surface area contributed by atoms with Gasteiger partial charge >= 0.3 is 5.97 Å². The molecule has 4 rings (SSSR count). The molecular weight excluding hydrogens is 444 g/mol. The third-order valence-corrected chi connectivity index (χ3v) is 5.75. The number of ether oxygens (including phenoxy) is 1. The monoisotopic (exact) mass is 472 g/mol. The fourth-order valence-electron chi connectivity index (χ4n) is 3.72. The van der Waals surface area contributed by atoms with Crippen molar-refractivity contribution in [2.45, 2.75) is 39.9 Å². The SMILES string of the molecule is CCC(C(=O)O)C1=CC/C(=N\OCc2ccc(OCc3nc(-c4ccccc4)oc3C)cc2)C=C1. The average molecular weight is 473 g/mol. The summed E-state index contributed by atoms with van der Waals surface area (Å²) in [7, 11) is 0. The van der Waals surface area contributed by atoms with Crippen LogP contribution in [-0.2, 0) is 22.8 Å². The van der Waals surface area contributed by atoms with Crippen molar-refractivity contribution in [3.63, 3.8) is 0 Å². The summed E-state index contributed by atoms with van der Waals surface area (Å²) in [6.07, 6.45) is 6.62. The molecule has 1 heterocycles. The number of aryl methyl sites for hydroxylation is 1. The number of nitrogens with zero attached hydrogens (tertiary/aromatic N) is 2. The number of oxazole rings is 1. The lowest BCUT2D eigenvalue weighted by Crippen LogP contribution is -2.16. The molecule has 1 aliphatic rings. The van der Waals surface area contributed by atoms with Crippen LogP contribution in [0.3, 0.4) is 0 Å². The van der Waals surface area contributed by atoms with Crippen LogP contribution in [0.25, 0.3) is 11.5 Å². The van der Waals surface area contributed by atoms with Crippen LogP contribution in [-0.4, -0.2) is 21.8 Å². The molecule has 1 aliphatic carbocycles. The van der Waals surface area contributed by atoms with Gasteiger partial charge in [0.15, 0.2) is 0 Å². The van der Waals surface area contributed by atoms with E-state index in [1.165, 1.54) is 0 Å². The summed E-state index contributed by atoms with van der Waals surface area (Å²) in [5.41, 5.74) is 4.22. The predicted molar refractivity (Wildman–Crippen MR) is 133 cm³/mol. The molecule has 0 spiro atoms. The number of rotatable bonds is 10. The number of aromatic nitrogens is 1. The van der Waals surface area contributed by atoms with Crippen LogP contribution >= 0.6 is 0 Å². The smallest absolute Gasteiger partial charge is 0.310 e. The molecule has 0 bridgehead atoms. The Hall–Kier alpha value is -4.13. The topological polar surface area (TPSA) is 94.2 Å². The summed E-state index contributed by atoms with van der Waals surface area (Å²) >= 11 is 0. The zero-order valence-electron chi connectivity index (χ0n) is 19.8. The third-order valence-electron chi connectivity index (χ3n) is 5.75. The van der Waals surface area contributed by atoms with Crippen LogP contribution in [0.1, 0.15) is 36.8 Å². The number of hydrogen-bond donors (Lipinski definition) is 1. The molecule has 180 valence electrons. The number of carboxylic acid groups (broad SMARTS) is 1. The van der Waals surface area contributed by atoms with E-state index in [9.17, 15) is 9.90 Å². The van der Waals surface area contributed by atoms with E-state index in [2.05, 4.69) is 10.1 Å². The van der Waals surface area contributed by atoms with Gasteiger partial charge in [0.25, 0.3) is 0 Å². The number of carboxylic acids is 1. The molecule has 7 heteroatoms. The maximum atomic E-state index is 11.3. The van der Waals surface area contributed by atoms with Gasteiger partial charge < -0.3 is 19.1 Å². The first-order chi connectivity index (χ1) is 17.0. The van der Waals surface area contributed by atoms with E-state index < -0.39 is 11.9 Å². The highest BCUT2D eigenvalue weighted by Gasteiger charge is 2.20. The summed E-state index contributed by atoms with van der Waals surface area (Å²) in [4.78, 5) is 21.3. The lowest BCUT2D eigenvalue weighted by molar-refractivity contribution is -0.140. The van der Waals surface area contributed by atoms with Gasteiger partial charge in [0, 0.05) is 12.0 Å². The fraction of sp³-hybridized carbons (Fsp3) is 0.250. The van der Waals surface area contributed by atoms with Crippen molar-refractivity contribution in [1.29, 1.82) is 0 Å². The lowest BCUT2D eigenvalue weighted by atomic mass is 9.92. The Morgan fingerprint density at radius 2 is 1.89 bits per heavy atom. The predicted octanol–water partition coefficient (Wildman–Crippen LogP) is 6.10. The molecule has 35 heavy (non-hydrogen) atoms. The van der Waals surface area contributed by atoms with Gasteiger partial charge in [-0.25, -0.2) is 4.98 Å². The Kier molecular flexibility index (Phi) is 7.77. The third kappa shape index (κ3) is 6.26. The Morgan fingerprint density at radius 1 is 1.11 bits per heavy atom. The molecule has 0 amide bonds. The number of benzene rings is 2. The maximum Gasteiger partial charge on any atom is 0.310 e. The highest BCUT2D eigenvalue weighted by molar-refractivity contribution is 5.97. The first-order valence-electron chi connectivity index (χ1n) is 11.6. The molecule has 1 aromatic heterocycles. The Labute approximate surface area is 204 Å². The van der Waals surface area contributed by atoms with Crippen LogP contribution in [0, 0.1) is 12.8 Å². The number of oxime groups is 1. The largest absolute Gasteiger partial charge is 0.487 e. The molecule has 1 unspecified atom stereocenters. The molecule has 1 N–H and O–H groups in total. The summed E-state index contributed by atoms with van der Waals surface area (Å²) in [5, 5.41) is 13.4. The van der Waals surface area contributed by atoms with E-state index in [1.54, 1.807) is 6.08 Å². The van der Waals surface area contributed by atoms with Gasteiger partial charge in [-0.15, -0.1) is 0 Å². The normalized spacial score (nSPS) is 15.0. The van der Waals surface area contributed by atoms with Gasteiger partial charge in [0.1, 0.15) is 30.4 Å². The second kappa shape index (κ2) is 11.3. The van der Waals surface area contributed by atoms with Crippen LogP contribution in [0.15, 0.2) is 88.0 Å². The molecule has 0 fully saturated rings. The number of carbonyl (C=O) groups is 1. The molecule has 0 radical (unpaired) electrons. The van der Waals surface area contributed by atoms with Gasteiger partial charge in [0.05, 0.1) is 11.6 Å². The van der Waals surface area contributed by atoms with Crippen molar-refractivity contribution in [2.24, 2.45) is 11.1 Å². The molecule has 0 saturated heterocycles. The van der Waals surface area contributed by atoms with Crippen molar-refractivity contribution in [1.82, 2.24) is 4.98 Å². The standard InChI is InChI=1S/C28H28N2O5/c1-3-25(28(31)32)21-11-13-23(14-12-21)30-34-17-20-9-15-24(16-10-20)33-18-26-19(2)35-27(29-26)22-7-5-4-6-8-22/h4-13,15-16,25H,3,14,17-18H2,1-2H3,(H,31,32)/b30-23-. The highest BCUT2D eigenvalue weighted by Crippen LogP contribution is 2.23. The van der Waals surface area contributed by atoms with Crippen molar-refractivity contribution in [2.75, 3.05) is 0 Å². The number of aliphatic carboxylic acids is 1. The number of allylic oxidation sites excluding steroid dienone is 3. The summed E-state index contributed by atoms with van der Waals surface area (Å²) < 4.78 is 11.7. The van der Waals surface area contributed by atoms with E-state index in [0.717, 1.165) is 39.6 Å². The van der Waals surface area contributed by atoms with Gasteiger partial charge in [-0.2, -0.15) is 0 Å². The maximum absolute atomic E-state index is 11.3. The van der Waals surface area contributed by atoms with E-state index >= 15 is 0 Å². The first-order valence-corrected chi connectivity index (χ1v) is 11.6. The van der Waals surface area contributed by atoms with Gasteiger partial charge in [-0.05, 0) is 54.8 Å². The molecular formula is C28H28N2O5. The first kappa shape index (κ1) is 24.0. The minimum absolute atomic E-state index is 0.314. The average Bonchev–Trinajstić information content (AvgIpc) is 3.25. The zero-order valence-corrected chi connectivity index (χ0v) is 19.8. The van der Waals surface area contributed by atoms with Gasteiger partial charge in [-0.3, -0.25) is 4.79 Å². The summed E-state index contributed by atoms with van der Waals surface area (Å²) in [6, 6.07) is 17.4. The second-order valence-corrected chi connectivity index (χ2v) is 8.22. The van der Waals surface area contributed by atoms with Crippen molar-refractivity contribution in [3.05, 3.63) is 95.4 Å². The van der Waals surface area contributed by atoms with E-state index in [0.29, 0.717) is 31.9 Å². The van der Waals surface area contributed by atoms with Crippen LogP contribution in [0.5, 0.6) is 5.75 Å². The minimum atomic E-state index is -0.805. The summed E-state index contributed by atoms with van der Waals surface area (Å²) in [6.45, 7) is 4.39. The van der Waals surface area contributed by atoms with Crippen molar-refractivity contribution in [3.8, 4) is 17.2 Å². The van der Waals surface area contributed by atoms with Gasteiger partial charge in [-0.1, -0.05) is 54.6 Å². The Bertz CT molecular complexity index is 1240. The minimum Gasteiger partial charge on any atom is -0.487 e. The number of hydrogen-bond acceptors (Lipinski definition) is 6. The Morgan fingerprint density at radius 3 is 2.54 bits per heavy atom. The molecule has 1 atom stereocenters. The van der Waals surface area contributed by atoms with Crippen molar-refractivity contribution >= 4 is 11.7 Å². The highest BCUT2D eigenvalue weighted by atomic mass is 16.6. The molecule has 7 nitrogen and oxygen atoms in total. The summed E-state index contributed by atoms with van der Waals surface area (Å²) in [5.74, 6) is 0.761. The van der Waals surface area contributed by atoms with E-state index in [4.69, 9.17) is 14.0 Å². The molecule has 0 aliphatic heterocycles. The van der Waals surface area contributed by atoms with Crippen LogP contribution in [0.4, 0.5) is 0 Å². The quantitative estimate of drug-likeness (QED) is 0.358. The molecule has 0 saturated carbocycles. The molecule has 3 aromatic rings. The fourth-order valence-corrected chi connectivity index (χ4v) is 3.72. The molecule has 2 aromatic carbocycles.